The summed E-state index contributed by atoms with van der Waals surface area (Å²) in [5, 5.41) is 11.1. The van der Waals surface area contributed by atoms with Gasteiger partial charge in [0.15, 0.2) is 0 Å². The minimum atomic E-state index is -1.19. The Kier molecular flexibility index (Phi) is 1.66. The Labute approximate surface area is 86.2 Å². The van der Waals surface area contributed by atoms with Crippen LogP contribution in [0.4, 0.5) is 4.79 Å². The first-order valence-corrected chi connectivity index (χ1v) is 4.66. The van der Waals surface area contributed by atoms with Crippen LogP contribution in [0.15, 0.2) is 0 Å². The van der Waals surface area contributed by atoms with Crippen LogP contribution in [-0.4, -0.2) is 40.0 Å². The number of aliphatic carboxylic acids is 1. The van der Waals surface area contributed by atoms with Gasteiger partial charge in [0.1, 0.15) is 12.1 Å². The largest absolute Gasteiger partial charge is 0.480 e. The first kappa shape index (κ1) is 9.95. The Bertz CT molecular complexity index is 376. The van der Waals surface area contributed by atoms with Crippen molar-refractivity contribution in [3.05, 3.63) is 0 Å². The van der Waals surface area contributed by atoms with E-state index >= 15 is 0 Å². The molecule has 6 nitrogen and oxygen atoms in total. The van der Waals surface area contributed by atoms with Crippen molar-refractivity contribution in [2.24, 2.45) is 5.41 Å². The normalized spacial score (nSPS) is 32.0. The van der Waals surface area contributed by atoms with Crippen molar-refractivity contribution >= 4 is 17.9 Å². The fourth-order valence-electron chi connectivity index (χ4n) is 2.10. The quantitative estimate of drug-likeness (QED) is 0.620. The van der Waals surface area contributed by atoms with Crippen LogP contribution in [0.3, 0.4) is 0 Å². The number of hydrogen-bond donors (Lipinski definition) is 2. The van der Waals surface area contributed by atoms with Crippen molar-refractivity contribution in [2.45, 2.75) is 25.8 Å². The van der Waals surface area contributed by atoms with Crippen molar-refractivity contribution in [3.8, 4) is 0 Å². The summed E-state index contributed by atoms with van der Waals surface area (Å²) >= 11 is 0. The lowest BCUT2D eigenvalue weighted by Crippen LogP contribution is -2.38. The number of amides is 3. The lowest BCUT2D eigenvalue weighted by Gasteiger charge is -2.11. The summed E-state index contributed by atoms with van der Waals surface area (Å²) in [4.78, 5) is 34.5. The molecule has 2 N–H and O–H groups in total. The number of rotatable bonds is 2. The van der Waals surface area contributed by atoms with Crippen LogP contribution in [0.1, 0.15) is 20.3 Å². The van der Waals surface area contributed by atoms with E-state index in [1.165, 1.54) is 0 Å². The molecule has 82 valence electrons. The van der Waals surface area contributed by atoms with Gasteiger partial charge in [0.25, 0.3) is 5.91 Å². The fraction of sp³-hybridized carbons (Fsp3) is 0.667. The van der Waals surface area contributed by atoms with E-state index < -0.39 is 30.0 Å². The van der Waals surface area contributed by atoms with Gasteiger partial charge in [-0.2, -0.15) is 0 Å². The zero-order valence-corrected chi connectivity index (χ0v) is 8.53. The van der Waals surface area contributed by atoms with Gasteiger partial charge in [0.2, 0.25) is 0 Å². The first-order chi connectivity index (χ1) is 6.80. The molecule has 1 saturated heterocycles. The molecule has 2 aliphatic rings. The molecule has 1 aliphatic carbocycles. The molecule has 6 heteroatoms. The molecule has 0 bridgehead atoms. The minimum absolute atomic E-state index is 0.271. The predicted octanol–water partition coefficient (Wildman–Crippen LogP) is -0.209. The van der Waals surface area contributed by atoms with Crippen molar-refractivity contribution in [1.82, 2.24) is 10.2 Å². The number of carbonyl (C=O) groups excluding carboxylic acids is 2. The third-order valence-corrected chi connectivity index (χ3v) is 3.21. The van der Waals surface area contributed by atoms with Crippen LogP contribution in [0.5, 0.6) is 0 Å². The third-order valence-electron chi connectivity index (χ3n) is 3.21. The molecule has 2 rings (SSSR count). The van der Waals surface area contributed by atoms with Crippen molar-refractivity contribution in [3.63, 3.8) is 0 Å². The Morgan fingerprint density at radius 2 is 2.07 bits per heavy atom. The molecule has 1 saturated carbocycles. The Morgan fingerprint density at radius 1 is 1.53 bits per heavy atom. The average molecular weight is 212 g/mol. The summed E-state index contributed by atoms with van der Waals surface area (Å²) in [6.45, 7) is 3.17. The molecule has 1 aliphatic heterocycles. The number of nitrogens with zero attached hydrogens (tertiary/aromatic N) is 1. The number of urea groups is 1. The molecule has 1 spiro atoms. The van der Waals surface area contributed by atoms with Crippen LogP contribution in [0.2, 0.25) is 0 Å². The summed E-state index contributed by atoms with van der Waals surface area (Å²) in [6, 6.07) is -0.604. The lowest BCUT2D eigenvalue weighted by molar-refractivity contribution is -0.142. The monoisotopic (exact) mass is 212 g/mol. The smallest absolute Gasteiger partial charge is 0.325 e. The van der Waals surface area contributed by atoms with Gasteiger partial charge in [-0.15, -0.1) is 0 Å². The van der Waals surface area contributed by atoms with Gasteiger partial charge in [-0.05, 0) is 11.8 Å². The molecule has 1 atom stereocenters. The minimum Gasteiger partial charge on any atom is -0.480 e. The lowest BCUT2D eigenvalue weighted by atomic mass is 10.1. The molecule has 0 unspecified atom stereocenters. The average Bonchev–Trinajstić information content (AvgIpc) is 2.55. The molecular weight excluding hydrogens is 200 g/mol. The highest BCUT2D eigenvalue weighted by atomic mass is 16.4. The molecule has 0 aromatic carbocycles. The van der Waals surface area contributed by atoms with E-state index in [9.17, 15) is 14.4 Å². The van der Waals surface area contributed by atoms with Gasteiger partial charge < -0.3 is 10.4 Å². The zero-order chi connectivity index (χ0) is 11.4. The second-order valence-corrected chi connectivity index (χ2v) is 4.68. The maximum atomic E-state index is 11.8. The molecule has 2 fully saturated rings. The van der Waals surface area contributed by atoms with Crippen LogP contribution >= 0.6 is 0 Å². The highest BCUT2D eigenvalue weighted by Gasteiger charge is 2.72. The van der Waals surface area contributed by atoms with E-state index in [1.807, 2.05) is 13.8 Å². The maximum Gasteiger partial charge on any atom is 0.325 e. The highest BCUT2D eigenvalue weighted by molar-refractivity contribution is 6.11. The molecule has 0 aromatic rings. The summed E-state index contributed by atoms with van der Waals surface area (Å²) in [7, 11) is 0. The van der Waals surface area contributed by atoms with Crippen LogP contribution < -0.4 is 5.32 Å². The molecule has 1 heterocycles. The topological polar surface area (TPSA) is 86.7 Å². The highest BCUT2D eigenvalue weighted by Crippen LogP contribution is 2.58. The fourth-order valence-corrected chi connectivity index (χ4v) is 2.10. The van der Waals surface area contributed by atoms with E-state index in [0.717, 1.165) is 4.90 Å². The third kappa shape index (κ3) is 1.14. The summed E-state index contributed by atoms with van der Waals surface area (Å²) in [5.74, 6) is -1.60. The summed E-state index contributed by atoms with van der Waals surface area (Å²) in [6.07, 6.45) is 0.570. The van der Waals surface area contributed by atoms with E-state index in [4.69, 9.17) is 5.11 Å². The van der Waals surface area contributed by atoms with E-state index in [2.05, 4.69) is 5.32 Å². The van der Waals surface area contributed by atoms with E-state index in [0.29, 0.717) is 6.42 Å². The second kappa shape index (κ2) is 2.50. The van der Waals surface area contributed by atoms with Crippen molar-refractivity contribution in [1.29, 1.82) is 0 Å². The number of carboxylic acid groups (broad SMARTS) is 1. The Hall–Kier alpha value is -1.59. The molecule has 0 radical (unpaired) electrons. The van der Waals surface area contributed by atoms with Crippen LogP contribution in [0.25, 0.3) is 0 Å². The number of hydrogen-bond acceptors (Lipinski definition) is 3. The first-order valence-electron chi connectivity index (χ1n) is 4.66. The van der Waals surface area contributed by atoms with Gasteiger partial charge in [-0.3, -0.25) is 14.5 Å². The van der Waals surface area contributed by atoms with E-state index in [1.54, 1.807) is 0 Å². The van der Waals surface area contributed by atoms with Gasteiger partial charge in [0.05, 0.1) is 0 Å². The van der Waals surface area contributed by atoms with Gasteiger partial charge in [-0.1, -0.05) is 13.8 Å². The summed E-state index contributed by atoms with van der Waals surface area (Å²) < 4.78 is 0. The summed E-state index contributed by atoms with van der Waals surface area (Å²) in [5.41, 5.74) is -1.12. The number of carboxylic acids is 1. The molecule has 15 heavy (non-hydrogen) atoms. The number of nitrogens with one attached hydrogen (secondary N) is 1. The SMILES string of the molecule is CC1(C)C[C@]12NC(=O)N(CC(=O)O)C2=O. The maximum absolute atomic E-state index is 11.8. The van der Waals surface area contributed by atoms with Crippen molar-refractivity contribution < 1.29 is 19.5 Å². The second-order valence-electron chi connectivity index (χ2n) is 4.68. The Morgan fingerprint density at radius 3 is 2.40 bits per heavy atom. The van der Waals surface area contributed by atoms with Crippen molar-refractivity contribution in [2.75, 3.05) is 6.54 Å². The number of carbonyl (C=O) groups is 3. The standard InChI is InChI=1S/C9H12N2O4/c1-8(2)4-9(8)6(14)11(3-5(12)13)7(15)10-9/h3-4H2,1-2H3,(H,10,15)(H,12,13)/t9-/m1/s1. The molecule has 3 amide bonds. The van der Waals surface area contributed by atoms with Crippen LogP contribution in [-0.2, 0) is 9.59 Å². The zero-order valence-electron chi connectivity index (χ0n) is 8.53. The van der Waals surface area contributed by atoms with Gasteiger partial charge in [-0.25, -0.2) is 4.79 Å². The van der Waals surface area contributed by atoms with Crippen LogP contribution in [0, 0.1) is 5.41 Å². The molecular formula is C9H12N2O4. The van der Waals surface area contributed by atoms with Gasteiger partial charge >= 0.3 is 12.0 Å². The predicted molar refractivity (Wildman–Crippen MR) is 49.0 cm³/mol. The number of imide groups is 1. The molecule has 0 aromatic heterocycles. The van der Waals surface area contributed by atoms with Gasteiger partial charge in [0, 0.05) is 0 Å². The van der Waals surface area contributed by atoms with E-state index in [-0.39, 0.29) is 5.41 Å². The Balaban J connectivity index is 2.22.